The molecule has 0 radical (unpaired) electrons. The third kappa shape index (κ3) is 15.6. The molecule has 24 rings (SSSR count). The maximum Gasteiger partial charge on any atom is 0.180 e. The van der Waals surface area contributed by atoms with E-state index in [9.17, 15) is 0 Å². The van der Waals surface area contributed by atoms with E-state index in [0.29, 0.717) is 0 Å². The summed E-state index contributed by atoms with van der Waals surface area (Å²) in [6, 6.07) is 214. The minimum absolute atomic E-state index is 0.262. The number of benzene rings is 21. The highest BCUT2D eigenvalue weighted by atomic mass is 28.3. The molecule has 2 heterocycles. The summed E-state index contributed by atoms with van der Waals surface area (Å²) >= 11 is 0. The highest BCUT2D eigenvalue weighted by molar-refractivity contribution is 7.23. The molecule has 0 unspecified atom stereocenters. The fourth-order valence-corrected chi connectivity index (χ4v) is 48.6. The third-order valence-corrected chi connectivity index (χ3v) is 53.8. The Kier molecular flexibility index (Phi) is 25.1. The average molecular weight is 1820 g/mol. The molecular weight excluding hydrogens is 1710 g/mol. The normalized spacial score (nSPS) is 12.6. The van der Waals surface area contributed by atoms with Crippen LogP contribution in [0.2, 0.25) is 0 Å². The first-order chi connectivity index (χ1) is 67.3. The standard InChI is InChI=1S/C42H34Si2.C37H28Si.C26H20Si.C26H24Si/c1-7-19-35(20-8-1)43(36-21-9-2-10-22-36,37-23-11-3-12-24-37)41-31-33-42(34-32-41)44(38-25-13-4-14-26-38,39-27-15-5-16-28-39)40-29-17-6-18-30-40;1-4-14-29(15-5-1)38(30-16-6-2-7-17-30,31-18-8-3-9-19-31)32-26-24-28(25-27-32)37-35-22-12-10-20-33(35)34-21-11-13-23-36(34)37;1-5-13-23-19(9-1)17-20-10-2-6-14-24(20)27(23)25-15-7-3-11-21(25)18-22-12-4-8-16-26(22)27;1-21-13-9-11-19-25(21)27(23-15-5-3-6-16-23,24-17-7-4-8-18-24)26-20-12-10-14-22(26)2/h1-34H;1-27,37H;1-16H,17-18H2;3-20H,1-2H3. The molecule has 1 aliphatic carbocycles. The quantitative estimate of drug-likeness (QED) is 0.0630. The summed E-state index contributed by atoms with van der Waals surface area (Å²) in [5.41, 5.74) is 15.6. The fourth-order valence-electron chi connectivity index (χ4n) is 23.3. The molecule has 21 aromatic carbocycles. The van der Waals surface area contributed by atoms with Crippen molar-refractivity contribution in [3.63, 3.8) is 0 Å². The molecular formula is C131H106Si5. The summed E-state index contributed by atoms with van der Waals surface area (Å²) in [6.07, 6.45) is 2.09. The predicted molar refractivity (Wildman–Crippen MR) is 592 cm³/mol. The zero-order chi connectivity index (χ0) is 91.6. The molecule has 1 spiro atoms. The van der Waals surface area contributed by atoms with Crippen LogP contribution in [0.4, 0.5) is 0 Å². The topological polar surface area (TPSA) is 0 Å². The lowest BCUT2D eigenvalue weighted by Gasteiger charge is -2.44. The fraction of sp³-hybridized carbons (Fsp3) is 0.0382. The monoisotopic (exact) mass is 1820 g/mol. The molecule has 3 aliphatic rings. The van der Waals surface area contributed by atoms with Crippen molar-refractivity contribution >= 4 is 144 Å². The van der Waals surface area contributed by atoms with Crippen LogP contribution in [0.5, 0.6) is 0 Å². The van der Waals surface area contributed by atoms with Crippen LogP contribution in [0.15, 0.2) is 576 Å². The van der Waals surface area contributed by atoms with Gasteiger partial charge in [-0.05, 0) is 180 Å². The molecule has 0 nitrogen and oxygen atoms in total. The van der Waals surface area contributed by atoms with Crippen molar-refractivity contribution in [1.82, 2.24) is 0 Å². The molecule has 650 valence electrons. The Morgan fingerprint density at radius 2 is 0.338 bits per heavy atom. The van der Waals surface area contributed by atoms with Crippen molar-refractivity contribution in [2.75, 3.05) is 0 Å². The molecule has 2 aliphatic heterocycles. The minimum atomic E-state index is -2.60. The van der Waals surface area contributed by atoms with Gasteiger partial charge in [0.15, 0.2) is 40.4 Å². The second-order valence-corrected chi connectivity index (χ2v) is 55.0. The van der Waals surface area contributed by atoms with Gasteiger partial charge < -0.3 is 0 Å². The van der Waals surface area contributed by atoms with Crippen LogP contribution in [0.3, 0.4) is 0 Å². The molecule has 5 heteroatoms. The van der Waals surface area contributed by atoms with Crippen molar-refractivity contribution in [1.29, 1.82) is 0 Å². The minimum Gasteiger partial charge on any atom is -0.0623 e. The van der Waals surface area contributed by atoms with Gasteiger partial charge in [0.1, 0.15) is 0 Å². The smallest absolute Gasteiger partial charge is 0.0623 e. The van der Waals surface area contributed by atoms with Gasteiger partial charge in [-0.3, -0.25) is 0 Å². The first kappa shape index (κ1) is 87.4. The highest BCUT2D eigenvalue weighted by Gasteiger charge is 2.51. The van der Waals surface area contributed by atoms with Crippen LogP contribution < -0.4 is 104 Å². The van der Waals surface area contributed by atoms with E-state index in [1.165, 1.54) is 144 Å². The summed E-state index contributed by atoms with van der Waals surface area (Å²) in [5, 5.41) is 28.9. The lowest BCUT2D eigenvalue weighted by Crippen LogP contribution is -2.79. The first-order valence-electron chi connectivity index (χ1n) is 47.8. The Labute approximate surface area is 807 Å². The number of hydrogen-bond donors (Lipinski definition) is 0. The summed E-state index contributed by atoms with van der Waals surface area (Å²) in [5.74, 6) is 0.262. The Morgan fingerprint density at radius 1 is 0.162 bits per heavy atom. The van der Waals surface area contributed by atoms with Crippen molar-refractivity contribution in [3.05, 3.63) is 626 Å². The highest BCUT2D eigenvalue weighted by Crippen LogP contribution is 2.48. The molecule has 0 aromatic heterocycles. The maximum atomic E-state index is 2.45. The zero-order valence-electron chi connectivity index (χ0n) is 76.8. The van der Waals surface area contributed by atoms with Gasteiger partial charge in [0.2, 0.25) is 0 Å². The Morgan fingerprint density at radius 3 is 0.574 bits per heavy atom. The molecule has 0 saturated carbocycles. The summed E-state index contributed by atoms with van der Waals surface area (Å²) < 4.78 is 0. The Bertz CT molecular complexity index is 6840. The maximum absolute atomic E-state index is 2.60. The summed E-state index contributed by atoms with van der Waals surface area (Å²) in [6.45, 7) is 4.50. The van der Waals surface area contributed by atoms with Gasteiger partial charge >= 0.3 is 0 Å². The van der Waals surface area contributed by atoms with Crippen molar-refractivity contribution in [2.45, 2.75) is 32.6 Å². The lowest BCUT2D eigenvalue weighted by atomic mass is 9.89. The second-order valence-electron chi connectivity index (χ2n) is 36.2. The van der Waals surface area contributed by atoms with Gasteiger partial charge in [0, 0.05) is 5.92 Å². The van der Waals surface area contributed by atoms with E-state index in [1.807, 2.05) is 0 Å². The number of fused-ring (bicyclic) bond motifs is 11. The molecule has 0 saturated heterocycles. The first-order valence-corrected chi connectivity index (χ1v) is 57.8. The van der Waals surface area contributed by atoms with Crippen LogP contribution in [0.1, 0.15) is 56.0 Å². The van der Waals surface area contributed by atoms with Crippen LogP contribution in [0.25, 0.3) is 11.1 Å². The molecule has 0 N–H and O–H groups in total. The molecule has 0 amide bonds. The van der Waals surface area contributed by atoms with E-state index in [0.717, 1.165) is 12.8 Å². The van der Waals surface area contributed by atoms with Crippen molar-refractivity contribution in [2.24, 2.45) is 0 Å². The van der Waals surface area contributed by atoms with E-state index in [-0.39, 0.29) is 5.92 Å². The molecule has 136 heavy (non-hydrogen) atoms. The second kappa shape index (κ2) is 39.1. The van der Waals surface area contributed by atoms with Gasteiger partial charge in [0.25, 0.3) is 0 Å². The zero-order valence-corrected chi connectivity index (χ0v) is 81.8. The van der Waals surface area contributed by atoms with Crippen molar-refractivity contribution < 1.29 is 0 Å². The van der Waals surface area contributed by atoms with Crippen LogP contribution in [-0.2, 0) is 12.8 Å². The van der Waals surface area contributed by atoms with E-state index >= 15 is 0 Å². The lowest BCUT2D eigenvalue weighted by molar-refractivity contribution is 1.02. The number of hydrogen-bond acceptors (Lipinski definition) is 0. The van der Waals surface area contributed by atoms with Gasteiger partial charge in [-0.2, -0.15) is 0 Å². The van der Waals surface area contributed by atoms with Gasteiger partial charge in [-0.25, -0.2) is 0 Å². The molecule has 0 atom stereocenters. The Balaban J connectivity index is 0.000000111. The predicted octanol–water partition coefficient (Wildman–Crippen LogP) is 17.2. The van der Waals surface area contributed by atoms with Crippen molar-refractivity contribution in [3.8, 4) is 11.1 Å². The van der Waals surface area contributed by atoms with Gasteiger partial charge in [0.05, 0.1) is 0 Å². The number of aryl methyl sites for hydroxylation is 2. The average Bonchev–Trinajstić information content (AvgIpc) is 0.902. The van der Waals surface area contributed by atoms with Gasteiger partial charge in [-0.1, -0.05) is 587 Å². The molecule has 21 aromatic rings. The van der Waals surface area contributed by atoms with E-state index < -0.39 is 40.4 Å². The van der Waals surface area contributed by atoms with E-state index in [2.05, 4.69) is 590 Å². The Hall–Kier alpha value is -15.3. The van der Waals surface area contributed by atoms with Crippen LogP contribution in [0, 0.1) is 13.8 Å². The van der Waals surface area contributed by atoms with Crippen LogP contribution in [-0.4, -0.2) is 40.4 Å². The number of rotatable bonds is 17. The van der Waals surface area contributed by atoms with Gasteiger partial charge in [-0.15, -0.1) is 0 Å². The summed E-state index contributed by atoms with van der Waals surface area (Å²) in [7, 11) is -12.4. The van der Waals surface area contributed by atoms with Crippen LogP contribution >= 0.6 is 0 Å². The molecule has 0 bridgehead atoms. The SMILES string of the molecule is Cc1ccccc1[Si](c1ccccc1)(c1ccccc1)c1ccccc1C.c1ccc([Si](c2ccccc2)(c2ccccc2)c2ccc(C3c4ccccc4-c4ccccc43)cc2)cc1.c1ccc([Si](c2ccccc2)(c2ccccc2)c2ccc([Si](c3ccccc3)(c3ccccc3)c3ccccc3)cc2)cc1.c1ccc2c(c1)Cc1ccccc1[Si]21c2ccccc2Cc2ccccc21. The molecule has 0 fully saturated rings. The van der Waals surface area contributed by atoms with E-state index in [4.69, 9.17) is 0 Å². The third-order valence-electron chi connectivity index (χ3n) is 29.1. The summed E-state index contributed by atoms with van der Waals surface area (Å²) in [4.78, 5) is 0. The largest absolute Gasteiger partial charge is 0.180 e. The van der Waals surface area contributed by atoms with E-state index in [1.54, 1.807) is 20.7 Å².